The number of hydrogen-bond donors (Lipinski definition) is 1. The number of methoxy groups -OCH3 is 2. The molecule has 0 aromatic heterocycles. The topological polar surface area (TPSA) is 103 Å². The third-order valence-corrected chi connectivity index (χ3v) is 4.86. The molecule has 0 saturated carbocycles. The summed E-state index contributed by atoms with van der Waals surface area (Å²) in [7, 11) is 2.69. The quantitative estimate of drug-likeness (QED) is 0.272. The minimum absolute atomic E-state index is 0.0181. The predicted molar refractivity (Wildman–Crippen MR) is 124 cm³/mol. The van der Waals surface area contributed by atoms with Crippen molar-refractivity contribution in [1.29, 1.82) is 0 Å². The first-order valence-electron chi connectivity index (χ1n) is 9.90. The molecule has 0 spiro atoms. The van der Waals surface area contributed by atoms with Gasteiger partial charge in [0.15, 0.2) is 23.2 Å². The zero-order valence-electron chi connectivity index (χ0n) is 18.2. The standard InChI is InChI=1S/C23H22N2O7S/c1-4-31-16-8-6-15(7-9-16)25-22(28)17(21(27)24-23(25)33)11-14-5-10-18(19(12-14)29-2)32-13-20(26)30-3/h5-12H,4,13H2,1-3H3,(H,24,27,33). The van der Waals surface area contributed by atoms with E-state index in [1.807, 2.05) is 6.92 Å². The molecule has 0 bridgehead atoms. The fourth-order valence-corrected chi connectivity index (χ4v) is 3.29. The molecule has 0 aliphatic carbocycles. The van der Waals surface area contributed by atoms with Crippen molar-refractivity contribution < 1.29 is 33.3 Å². The van der Waals surface area contributed by atoms with Crippen LogP contribution in [-0.2, 0) is 19.1 Å². The Balaban J connectivity index is 1.88. The van der Waals surface area contributed by atoms with Crippen LogP contribution in [0.4, 0.5) is 5.69 Å². The third kappa shape index (κ3) is 5.47. The summed E-state index contributed by atoms with van der Waals surface area (Å²) in [6.07, 6.45) is 1.42. The first kappa shape index (κ1) is 23.7. The minimum Gasteiger partial charge on any atom is -0.494 e. The minimum atomic E-state index is -0.614. The summed E-state index contributed by atoms with van der Waals surface area (Å²) in [5.74, 6) is -0.455. The number of esters is 1. The summed E-state index contributed by atoms with van der Waals surface area (Å²) in [6, 6.07) is 11.6. The van der Waals surface area contributed by atoms with Gasteiger partial charge in [-0.15, -0.1) is 0 Å². The molecule has 1 saturated heterocycles. The van der Waals surface area contributed by atoms with E-state index in [0.29, 0.717) is 35.1 Å². The lowest BCUT2D eigenvalue weighted by molar-refractivity contribution is -0.143. The van der Waals surface area contributed by atoms with Crippen LogP contribution in [0.15, 0.2) is 48.0 Å². The molecule has 9 nitrogen and oxygen atoms in total. The number of carbonyl (C=O) groups excluding carboxylic acids is 3. The Hall–Kier alpha value is -3.92. The molecule has 10 heteroatoms. The highest BCUT2D eigenvalue weighted by molar-refractivity contribution is 7.80. The predicted octanol–water partition coefficient (Wildman–Crippen LogP) is 2.48. The molecule has 1 N–H and O–H groups in total. The second-order valence-electron chi connectivity index (χ2n) is 6.66. The maximum atomic E-state index is 13.2. The van der Waals surface area contributed by atoms with E-state index >= 15 is 0 Å². The zero-order chi connectivity index (χ0) is 24.0. The molecular formula is C23H22N2O7S. The Bertz CT molecular complexity index is 1110. The molecule has 172 valence electrons. The number of rotatable bonds is 8. The first-order valence-corrected chi connectivity index (χ1v) is 10.3. The molecule has 1 fully saturated rings. The van der Waals surface area contributed by atoms with E-state index in [4.69, 9.17) is 26.4 Å². The lowest BCUT2D eigenvalue weighted by Gasteiger charge is -2.29. The Morgan fingerprint density at radius 1 is 1.06 bits per heavy atom. The van der Waals surface area contributed by atoms with Gasteiger partial charge in [-0.05, 0) is 67.2 Å². The van der Waals surface area contributed by atoms with Crippen LogP contribution in [0.25, 0.3) is 6.08 Å². The van der Waals surface area contributed by atoms with Gasteiger partial charge in [0.2, 0.25) is 0 Å². The van der Waals surface area contributed by atoms with Crippen molar-refractivity contribution in [3.8, 4) is 17.2 Å². The Morgan fingerprint density at radius 3 is 2.42 bits per heavy atom. The number of amides is 2. The second-order valence-corrected chi connectivity index (χ2v) is 7.05. The van der Waals surface area contributed by atoms with E-state index in [1.54, 1.807) is 42.5 Å². The van der Waals surface area contributed by atoms with E-state index in [1.165, 1.54) is 25.2 Å². The Kier molecular flexibility index (Phi) is 7.62. The van der Waals surface area contributed by atoms with Crippen molar-refractivity contribution in [2.24, 2.45) is 0 Å². The number of ether oxygens (including phenoxy) is 4. The van der Waals surface area contributed by atoms with Crippen molar-refractivity contribution in [3.05, 3.63) is 53.6 Å². The summed E-state index contributed by atoms with van der Waals surface area (Å²) in [4.78, 5) is 38.2. The van der Waals surface area contributed by atoms with Crippen molar-refractivity contribution in [3.63, 3.8) is 0 Å². The first-order chi connectivity index (χ1) is 15.9. The molecule has 0 atom stereocenters. The summed E-state index contributed by atoms with van der Waals surface area (Å²) in [5.41, 5.74) is 0.890. The SMILES string of the molecule is CCOc1ccc(N2C(=O)C(=Cc3ccc(OCC(=O)OC)c(OC)c3)C(=O)NC2=S)cc1. The van der Waals surface area contributed by atoms with Gasteiger partial charge in [-0.3, -0.25) is 19.8 Å². The van der Waals surface area contributed by atoms with Gasteiger partial charge in [-0.25, -0.2) is 4.79 Å². The number of anilines is 1. The maximum absolute atomic E-state index is 13.2. The summed E-state index contributed by atoms with van der Waals surface area (Å²) in [6.45, 7) is 2.10. The Morgan fingerprint density at radius 2 is 1.79 bits per heavy atom. The van der Waals surface area contributed by atoms with Crippen molar-refractivity contribution in [2.45, 2.75) is 6.92 Å². The molecular weight excluding hydrogens is 448 g/mol. The van der Waals surface area contributed by atoms with Crippen LogP contribution < -0.4 is 24.4 Å². The average Bonchev–Trinajstić information content (AvgIpc) is 2.81. The molecule has 2 amide bonds. The molecule has 1 aliphatic heterocycles. The van der Waals surface area contributed by atoms with Crippen LogP contribution in [0.1, 0.15) is 12.5 Å². The number of thiocarbonyl (C=S) groups is 1. The van der Waals surface area contributed by atoms with Gasteiger partial charge in [0.25, 0.3) is 11.8 Å². The average molecular weight is 471 g/mol. The highest BCUT2D eigenvalue weighted by Crippen LogP contribution is 2.30. The van der Waals surface area contributed by atoms with Crippen LogP contribution in [0.2, 0.25) is 0 Å². The lowest BCUT2D eigenvalue weighted by atomic mass is 10.1. The summed E-state index contributed by atoms with van der Waals surface area (Å²) in [5, 5.41) is 2.52. The zero-order valence-corrected chi connectivity index (χ0v) is 19.1. The van der Waals surface area contributed by atoms with Gasteiger partial charge in [0, 0.05) is 0 Å². The van der Waals surface area contributed by atoms with Gasteiger partial charge < -0.3 is 18.9 Å². The highest BCUT2D eigenvalue weighted by atomic mass is 32.1. The van der Waals surface area contributed by atoms with Gasteiger partial charge in [0.05, 0.1) is 26.5 Å². The van der Waals surface area contributed by atoms with Crippen molar-refractivity contribution in [1.82, 2.24) is 5.32 Å². The summed E-state index contributed by atoms with van der Waals surface area (Å²) < 4.78 is 20.7. The summed E-state index contributed by atoms with van der Waals surface area (Å²) >= 11 is 5.22. The van der Waals surface area contributed by atoms with Gasteiger partial charge in [-0.1, -0.05) is 6.07 Å². The normalized spacial score (nSPS) is 14.7. The van der Waals surface area contributed by atoms with Gasteiger partial charge in [0.1, 0.15) is 11.3 Å². The smallest absolute Gasteiger partial charge is 0.343 e. The number of hydrogen-bond acceptors (Lipinski definition) is 8. The van der Waals surface area contributed by atoms with Gasteiger partial charge >= 0.3 is 5.97 Å². The molecule has 1 aliphatic rings. The van der Waals surface area contributed by atoms with E-state index in [0.717, 1.165) is 0 Å². The second kappa shape index (κ2) is 10.6. The Labute approximate surface area is 195 Å². The molecule has 0 unspecified atom stereocenters. The highest BCUT2D eigenvalue weighted by Gasteiger charge is 2.34. The molecule has 2 aromatic rings. The maximum Gasteiger partial charge on any atom is 0.343 e. The molecule has 3 rings (SSSR count). The number of nitrogens with zero attached hydrogens (tertiary/aromatic N) is 1. The van der Waals surface area contributed by atoms with Crippen molar-refractivity contribution in [2.75, 3.05) is 32.3 Å². The lowest BCUT2D eigenvalue weighted by Crippen LogP contribution is -2.54. The van der Waals surface area contributed by atoms with Crippen LogP contribution in [0, 0.1) is 0 Å². The van der Waals surface area contributed by atoms with Crippen LogP contribution in [0.3, 0.4) is 0 Å². The van der Waals surface area contributed by atoms with E-state index in [2.05, 4.69) is 10.1 Å². The van der Waals surface area contributed by atoms with Crippen LogP contribution in [-0.4, -0.2) is 50.3 Å². The number of benzene rings is 2. The van der Waals surface area contributed by atoms with E-state index in [-0.39, 0.29) is 17.3 Å². The van der Waals surface area contributed by atoms with E-state index < -0.39 is 17.8 Å². The van der Waals surface area contributed by atoms with E-state index in [9.17, 15) is 14.4 Å². The monoisotopic (exact) mass is 470 g/mol. The molecule has 0 radical (unpaired) electrons. The third-order valence-electron chi connectivity index (χ3n) is 4.58. The number of carbonyl (C=O) groups is 3. The van der Waals surface area contributed by atoms with Crippen LogP contribution in [0.5, 0.6) is 17.2 Å². The molecule has 1 heterocycles. The largest absolute Gasteiger partial charge is 0.494 e. The fourth-order valence-electron chi connectivity index (χ4n) is 3.01. The van der Waals surface area contributed by atoms with Crippen LogP contribution >= 0.6 is 12.2 Å². The van der Waals surface area contributed by atoms with Gasteiger partial charge in [-0.2, -0.15) is 0 Å². The number of nitrogens with one attached hydrogen (secondary N) is 1. The van der Waals surface area contributed by atoms with Crippen molar-refractivity contribution >= 4 is 46.9 Å². The molecule has 2 aromatic carbocycles. The molecule has 33 heavy (non-hydrogen) atoms. The fraction of sp³-hybridized carbons (Fsp3) is 0.217.